The van der Waals surface area contributed by atoms with E-state index in [4.69, 9.17) is 20.9 Å². The molecule has 148 valence electrons. The van der Waals surface area contributed by atoms with Crippen LogP contribution in [0.2, 0.25) is 0 Å². The molecule has 4 N–H and O–H groups in total. The first-order valence-corrected chi connectivity index (χ1v) is 9.94. The molecule has 0 heterocycles. The molecular weight excluding hydrogens is 380 g/mol. The highest BCUT2D eigenvalue weighted by Gasteiger charge is 2.11. The van der Waals surface area contributed by atoms with Crippen LogP contribution in [0.3, 0.4) is 0 Å². The van der Waals surface area contributed by atoms with Crippen LogP contribution >= 0.6 is 0 Å². The van der Waals surface area contributed by atoms with Crippen molar-refractivity contribution in [1.29, 1.82) is 0 Å². The van der Waals surface area contributed by atoms with Crippen molar-refractivity contribution in [3.63, 3.8) is 0 Å². The summed E-state index contributed by atoms with van der Waals surface area (Å²) < 4.78 is 34.4. The van der Waals surface area contributed by atoms with E-state index in [2.05, 4.69) is 0 Å². The lowest BCUT2D eigenvalue weighted by Gasteiger charge is -2.04. The van der Waals surface area contributed by atoms with Crippen molar-refractivity contribution in [3.8, 4) is 11.5 Å². The van der Waals surface area contributed by atoms with Gasteiger partial charge in [0.25, 0.3) is 0 Å². The predicted octanol–water partition coefficient (Wildman–Crippen LogP) is 2.54. The lowest BCUT2D eigenvalue weighted by atomic mass is 10.1. The number of hydrogen-bond donors (Lipinski definition) is 2. The van der Waals surface area contributed by atoms with Gasteiger partial charge in [-0.3, -0.25) is 4.79 Å². The van der Waals surface area contributed by atoms with Crippen molar-refractivity contribution in [1.82, 2.24) is 0 Å². The molecule has 28 heavy (non-hydrogen) atoms. The summed E-state index contributed by atoms with van der Waals surface area (Å²) in [5.41, 5.74) is 13.6. The Morgan fingerprint density at radius 1 is 0.929 bits per heavy atom. The molecule has 0 unspecified atom stereocenters. The zero-order chi connectivity index (χ0) is 20.7. The normalized spacial score (nSPS) is 11.8. The van der Waals surface area contributed by atoms with E-state index in [1.807, 2.05) is 0 Å². The second-order valence-electron chi connectivity index (χ2n) is 5.91. The number of nitrogen functional groups attached to an aromatic ring is 2. The minimum Gasteiger partial charge on any atom is -0.495 e. The smallest absolute Gasteiger partial charge is 0.179 e. The number of allylic oxidation sites excluding steroid dienone is 1. The van der Waals surface area contributed by atoms with E-state index in [-0.39, 0.29) is 0 Å². The van der Waals surface area contributed by atoms with Gasteiger partial charge in [-0.25, -0.2) is 8.42 Å². The number of methoxy groups -OCH3 is 2. The molecule has 0 saturated heterocycles. The number of benzene rings is 2. The summed E-state index contributed by atoms with van der Waals surface area (Å²) in [6, 6.07) is 9.89. The van der Waals surface area contributed by atoms with Crippen LogP contribution in [0.5, 0.6) is 11.5 Å². The molecule has 7 nitrogen and oxygen atoms in total. The first-order chi connectivity index (χ1) is 13.2. The topological polar surface area (TPSA) is 122 Å². The van der Waals surface area contributed by atoms with E-state index >= 15 is 0 Å². The van der Waals surface area contributed by atoms with Crippen molar-refractivity contribution in [3.05, 3.63) is 59.0 Å². The Balaban J connectivity index is 2.03. The van der Waals surface area contributed by atoms with Crippen LogP contribution < -0.4 is 20.9 Å². The van der Waals surface area contributed by atoms with Crippen molar-refractivity contribution in [2.75, 3.05) is 31.4 Å². The van der Waals surface area contributed by atoms with Gasteiger partial charge in [-0.2, -0.15) is 0 Å². The van der Waals surface area contributed by atoms with Gasteiger partial charge in [-0.15, -0.1) is 0 Å². The first kappa shape index (κ1) is 21.0. The van der Waals surface area contributed by atoms with E-state index in [0.717, 1.165) is 5.41 Å². The maximum absolute atomic E-state index is 12.1. The second kappa shape index (κ2) is 9.09. The summed E-state index contributed by atoms with van der Waals surface area (Å²) >= 11 is 0. The molecule has 0 aliphatic carbocycles. The van der Waals surface area contributed by atoms with Crippen LogP contribution in [-0.4, -0.2) is 34.2 Å². The molecule has 0 aromatic heterocycles. The molecule has 0 radical (unpaired) electrons. The van der Waals surface area contributed by atoms with Gasteiger partial charge in [0.1, 0.15) is 17.3 Å². The third kappa shape index (κ3) is 5.88. The zero-order valence-corrected chi connectivity index (χ0v) is 16.4. The number of hydrogen-bond acceptors (Lipinski definition) is 7. The minimum atomic E-state index is -3.73. The van der Waals surface area contributed by atoms with Crippen LogP contribution in [-0.2, 0) is 14.6 Å². The monoisotopic (exact) mass is 402 g/mol. The quantitative estimate of drug-likeness (QED) is 0.514. The summed E-state index contributed by atoms with van der Waals surface area (Å²) in [7, 11) is -0.734. The molecular formula is C20H22N2O5S. The molecule has 0 fully saturated rings. The Morgan fingerprint density at radius 3 is 1.89 bits per heavy atom. The van der Waals surface area contributed by atoms with Gasteiger partial charge >= 0.3 is 0 Å². The highest BCUT2D eigenvalue weighted by molar-refractivity contribution is 7.95. The maximum atomic E-state index is 12.1. The molecule has 0 amide bonds. The van der Waals surface area contributed by atoms with Crippen LogP contribution in [0.1, 0.15) is 11.1 Å². The lowest BCUT2D eigenvalue weighted by Crippen LogP contribution is -2.11. The molecule has 2 aromatic carbocycles. The number of ether oxygens (including phenoxy) is 2. The molecule has 0 atom stereocenters. The van der Waals surface area contributed by atoms with Gasteiger partial charge in [0, 0.05) is 5.41 Å². The SMILES string of the molecule is COc1ccc(/C=C\C(=O)CS(=O)(=O)/C=C\c2ccc(OC)c(N)c2)cc1N. The van der Waals surface area contributed by atoms with Crippen LogP contribution in [0, 0.1) is 0 Å². The van der Waals surface area contributed by atoms with Gasteiger partial charge in [0.2, 0.25) is 0 Å². The second-order valence-corrected chi connectivity index (χ2v) is 7.80. The summed E-state index contributed by atoms with van der Waals surface area (Å²) in [5, 5.41) is 0.991. The third-order valence-corrected chi connectivity index (χ3v) is 5.02. The molecule has 8 heteroatoms. The Morgan fingerprint density at radius 2 is 1.43 bits per heavy atom. The van der Waals surface area contributed by atoms with Crippen molar-refractivity contribution < 1.29 is 22.7 Å². The van der Waals surface area contributed by atoms with Gasteiger partial charge in [0.15, 0.2) is 15.6 Å². The van der Waals surface area contributed by atoms with E-state index < -0.39 is 21.4 Å². The number of carbonyl (C=O) groups is 1. The van der Waals surface area contributed by atoms with E-state index in [9.17, 15) is 13.2 Å². The zero-order valence-electron chi connectivity index (χ0n) is 15.6. The van der Waals surface area contributed by atoms with Gasteiger partial charge < -0.3 is 20.9 Å². The summed E-state index contributed by atoms with van der Waals surface area (Å²) in [6.07, 6.45) is 4.09. The van der Waals surface area contributed by atoms with Crippen LogP contribution in [0.25, 0.3) is 12.2 Å². The fourth-order valence-corrected chi connectivity index (χ4v) is 3.33. The fraction of sp³-hybridized carbons (Fsp3) is 0.150. The minimum absolute atomic E-state index is 0.389. The summed E-state index contributed by atoms with van der Waals surface area (Å²) in [5.74, 6) is -0.166. The predicted molar refractivity (Wildman–Crippen MR) is 112 cm³/mol. The largest absolute Gasteiger partial charge is 0.495 e. The number of rotatable bonds is 8. The standard InChI is InChI=1S/C20H22N2O5S/c1-26-19-7-4-14(11-17(19)21)3-6-16(23)13-28(24,25)10-9-15-5-8-20(27-2)18(22)12-15/h3-12H,13,21-22H2,1-2H3/b6-3-,10-9-. The summed E-state index contributed by atoms with van der Waals surface area (Å²) in [4.78, 5) is 12.0. The van der Waals surface area contributed by atoms with E-state index in [1.54, 1.807) is 36.4 Å². The van der Waals surface area contributed by atoms with Gasteiger partial charge in [-0.05, 0) is 47.5 Å². The first-order valence-electron chi connectivity index (χ1n) is 8.23. The Hall–Kier alpha value is -3.26. The summed E-state index contributed by atoms with van der Waals surface area (Å²) in [6.45, 7) is 0. The number of sulfone groups is 1. The Kier molecular flexibility index (Phi) is 6.84. The average molecular weight is 402 g/mol. The number of ketones is 1. The van der Waals surface area contributed by atoms with Gasteiger partial charge in [-0.1, -0.05) is 18.2 Å². The molecule has 0 spiro atoms. The number of nitrogens with two attached hydrogens (primary N) is 2. The molecule has 2 aromatic rings. The molecule has 0 aliphatic heterocycles. The fourth-order valence-electron chi connectivity index (χ4n) is 2.38. The Labute approximate surface area is 164 Å². The van der Waals surface area contributed by atoms with E-state index in [1.165, 1.54) is 32.4 Å². The van der Waals surface area contributed by atoms with Gasteiger partial charge in [0.05, 0.1) is 25.6 Å². The lowest BCUT2D eigenvalue weighted by molar-refractivity contribution is -0.112. The van der Waals surface area contributed by atoms with Crippen molar-refractivity contribution >= 4 is 39.1 Å². The van der Waals surface area contributed by atoms with Crippen LogP contribution in [0.4, 0.5) is 11.4 Å². The molecule has 2 rings (SSSR count). The van der Waals surface area contributed by atoms with Crippen molar-refractivity contribution in [2.24, 2.45) is 0 Å². The number of carbonyl (C=O) groups excluding carboxylic acids is 1. The third-order valence-electron chi connectivity index (χ3n) is 3.78. The highest BCUT2D eigenvalue weighted by Crippen LogP contribution is 2.23. The average Bonchev–Trinajstić information content (AvgIpc) is 2.64. The maximum Gasteiger partial charge on any atom is 0.179 e. The Bertz CT molecular complexity index is 1030. The molecule has 0 bridgehead atoms. The van der Waals surface area contributed by atoms with Crippen LogP contribution in [0.15, 0.2) is 47.9 Å². The highest BCUT2D eigenvalue weighted by atomic mass is 32.2. The van der Waals surface area contributed by atoms with E-state index in [0.29, 0.717) is 34.0 Å². The number of anilines is 2. The molecule has 0 aliphatic rings. The molecule has 0 saturated carbocycles. The van der Waals surface area contributed by atoms with Crippen molar-refractivity contribution in [2.45, 2.75) is 0 Å².